The Morgan fingerprint density at radius 2 is 1.55 bits per heavy atom. The molecule has 3 aromatic carbocycles. The first kappa shape index (κ1) is 18.7. The standard InChI is InChI=1S/C25H22N2O2/c1-3-18-12-14-20(15-13-18)26-23-22(19-9-5-4-6-10-19)24(28)27(25(23)29)21-11-7-8-17(2)16-21/h4-16,26H,3H2,1-2H3. The third kappa shape index (κ3) is 3.57. The topological polar surface area (TPSA) is 49.4 Å². The molecule has 0 radical (unpaired) electrons. The van der Waals surface area contributed by atoms with Crippen molar-refractivity contribution < 1.29 is 9.59 Å². The van der Waals surface area contributed by atoms with E-state index in [4.69, 9.17) is 0 Å². The fourth-order valence-corrected chi connectivity index (χ4v) is 3.49. The maximum atomic E-state index is 13.3. The number of rotatable bonds is 5. The van der Waals surface area contributed by atoms with E-state index in [1.807, 2.05) is 79.7 Å². The molecule has 1 N–H and O–H groups in total. The van der Waals surface area contributed by atoms with Crippen molar-refractivity contribution in [3.63, 3.8) is 0 Å². The first-order valence-corrected chi connectivity index (χ1v) is 9.69. The monoisotopic (exact) mass is 382 g/mol. The van der Waals surface area contributed by atoms with Crippen LogP contribution in [-0.4, -0.2) is 11.8 Å². The number of carbonyl (C=O) groups excluding carboxylic acids is 2. The molecule has 144 valence electrons. The highest BCUT2D eigenvalue weighted by Crippen LogP contribution is 2.34. The van der Waals surface area contributed by atoms with E-state index in [0.717, 1.165) is 17.7 Å². The van der Waals surface area contributed by atoms with E-state index in [1.54, 1.807) is 6.07 Å². The van der Waals surface area contributed by atoms with Gasteiger partial charge in [0.15, 0.2) is 0 Å². The summed E-state index contributed by atoms with van der Waals surface area (Å²) in [7, 11) is 0. The van der Waals surface area contributed by atoms with Gasteiger partial charge in [0.05, 0.1) is 11.3 Å². The number of aryl methyl sites for hydroxylation is 2. The zero-order chi connectivity index (χ0) is 20.4. The van der Waals surface area contributed by atoms with E-state index < -0.39 is 0 Å². The second kappa shape index (κ2) is 7.76. The number of hydrogen-bond acceptors (Lipinski definition) is 3. The van der Waals surface area contributed by atoms with Gasteiger partial charge in [-0.2, -0.15) is 0 Å². The minimum Gasteiger partial charge on any atom is -0.350 e. The summed E-state index contributed by atoms with van der Waals surface area (Å²) in [5.74, 6) is -0.668. The molecule has 0 saturated carbocycles. The SMILES string of the molecule is CCc1ccc(NC2=C(c3ccccc3)C(=O)N(c3cccc(C)c3)C2=O)cc1. The van der Waals surface area contributed by atoms with Crippen LogP contribution >= 0.6 is 0 Å². The highest BCUT2D eigenvalue weighted by atomic mass is 16.2. The van der Waals surface area contributed by atoms with Crippen molar-refractivity contribution >= 4 is 28.8 Å². The largest absolute Gasteiger partial charge is 0.350 e. The van der Waals surface area contributed by atoms with Gasteiger partial charge in [0.2, 0.25) is 0 Å². The average molecular weight is 382 g/mol. The van der Waals surface area contributed by atoms with E-state index in [-0.39, 0.29) is 11.8 Å². The van der Waals surface area contributed by atoms with E-state index in [9.17, 15) is 9.59 Å². The van der Waals surface area contributed by atoms with E-state index >= 15 is 0 Å². The molecule has 2 amide bonds. The van der Waals surface area contributed by atoms with Crippen LogP contribution < -0.4 is 10.2 Å². The Bertz CT molecular complexity index is 1100. The molecule has 1 aliphatic heterocycles. The molecule has 0 fully saturated rings. The highest BCUT2D eigenvalue weighted by molar-refractivity contribution is 6.46. The molecular weight excluding hydrogens is 360 g/mol. The van der Waals surface area contributed by atoms with Crippen molar-refractivity contribution in [2.45, 2.75) is 20.3 Å². The fourth-order valence-electron chi connectivity index (χ4n) is 3.49. The maximum absolute atomic E-state index is 13.3. The number of carbonyl (C=O) groups is 2. The highest BCUT2D eigenvalue weighted by Gasteiger charge is 2.40. The van der Waals surface area contributed by atoms with Crippen molar-refractivity contribution in [2.75, 3.05) is 10.2 Å². The minimum atomic E-state index is -0.348. The third-order valence-corrected chi connectivity index (χ3v) is 5.04. The van der Waals surface area contributed by atoms with Crippen LogP contribution in [0.3, 0.4) is 0 Å². The summed E-state index contributed by atoms with van der Waals surface area (Å²) in [5, 5.41) is 3.20. The first-order valence-electron chi connectivity index (χ1n) is 9.69. The van der Waals surface area contributed by atoms with Crippen LogP contribution in [-0.2, 0) is 16.0 Å². The Kier molecular flexibility index (Phi) is 5.00. The first-order chi connectivity index (χ1) is 14.1. The van der Waals surface area contributed by atoms with Gasteiger partial charge >= 0.3 is 0 Å². The molecule has 0 saturated heterocycles. The molecule has 0 aliphatic carbocycles. The van der Waals surface area contributed by atoms with E-state index in [2.05, 4.69) is 12.2 Å². The van der Waals surface area contributed by atoms with Crippen molar-refractivity contribution in [3.05, 3.63) is 101 Å². The molecular formula is C25H22N2O2. The Labute approximate surface area is 170 Å². The lowest BCUT2D eigenvalue weighted by Crippen LogP contribution is -2.32. The molecule has 3 aromatic rings. The number of imide groups is 1. The molecule has 4 rings (SSSR count). The Morgan fingerprint density at radius 1 is 0.828 bits per heavy atom. The van der Waals surface area contributed by atoms with Crippen LogP contribution in [0, 0.1) is 6.92 Å². The van der Waals surface area contributed by atoms with Gasteiger partial charge in [-0.15, -0.1) is 0 Å². The van der Waals surface area contributed by atoms with Gasteiger partial charge in [0.25, 0.3) is 11.8 Å². The van der Waals surface area contributed by atoms with Crippen LogP contribution in [0.15, 0.2) is 84.6 Å². The van der Waals surface area contributed by atoms with Gasteiger partial charge in [-0.3, -0.25) is 9.59 Å². The molecule has 0 bridgehead atoms. The Balaban J connectivity index is 1.79. The molecule has 0 spiro atoms. The summed E-state index contributed by atoms with van der Waals surface area (Å²) < 4.78 is 0. The van der Waals surface area contributed by atoms with Crippen LogP contribution in [0.5, 0.6) is 0 Å². The Morgan fingerprint density at radius 3 is 2.21 bits per heavy atom. The van der Waals surface area contributed by atoms with Gasteiger partial charge < -0.3 is 5.32 Å². The summed E-state index contributed by atoms with van der Waals surface area (Å²) >= 11 is 0. The van der Waals surface area contributed by atoms with Crippen LogP contribution in [0.2, 0.25) is 0 Å². The molecule has 29 heavy (non-hydrogen) atoms. The quantitative estimate of drug-likeness (QED) is 0.635. The van der Waals surface area contributed by atoms with Crippen LogP contribution in [0.4, 0.5) is 11.4 Å². The predicted molar refractivity (Wildman–Crippen MR) is 116 cm³/mol. The van der Waals surface area contributed by atoms with Crippen molar-refractivity contribution in [1.82, 2.24) is 0 Å². The van der Waals surface area contributed by atoms with Crippen LogP contribution in [0.25, 0.3) is 5.57 Å². The summed E-state index contributed by atoms with van der Waals surface area (Å²) in [6, 6.07) is 24.6. The summed E-state index contributed by atoms with van der Waals surface area (Å²) in [6.07, 6.45) is 0.941. The summed E-state index contributed by atoms with van der Waals surface area (Å²) in [5.41, 5.74) is 4.95. The van der Waals surface area contributed by atoms with Gasteiger partial charge in [-0.05, 0) is 54.3 Å². The van der Waals surface area contributed by atoms with Gasteiger partial charge in [0.1, 0.15) is 5.70 Å². The average Bonchev–Trinajstić information content (AvgIpc) is 2.98. The van der Waals surface area contributed by atoms with Crippen molar-refractivity contribution in [1.29, 1.82) is 0 Å². The lowest BCUT2D eigenvalue weighted by molar-refractivity contribution is -0.120. The number of nitrogens with zero attached hydrogens (tertiary/aromatic N) is 1. The van der Waals surface area contributed by atoms with E-state index in [1.165, 1.54) is 10.5 Å². The Hall–Kier alpha value is -3.66. The maximum Gasteiger partial charge on any atom is 0.282 e. The normalized spacial score (nSPS) is 13.9. The van der Waals surface area contributed by atoms with E-state index in [0.29, 0.717) is 22.5 Å². The fraction of sp³-hybridized carbons (Fsp3) is 0.120. The number of nitrogens with one attached hydrogen (secondary N) is 1. The number of amides is 2. The van der Waals surface area contributed by atoms with Gasteiger partial charge in [0, 0.05) is 5.69 Å². The van der Waals surface area contributed by atoms with Gasteiger partial charge in [-0.1, -0.05) is 61.5 Å². The number of hydrogen-bond donors (Lipinski definition) is 1. The lowest BCUT2D eigenvalue weighted by atomic mass is 10.0. The molecule has 4 nitrogen and oxygen atoms in total. The number of benzene rings is 3. The summed E-state index contributed by atoms with van der Waals surface area (Å²) in [6.45, 7) is 4.03. The second-order valence-electron chi connectivity index (χ2n) is 7.08. The molecule has 1 aliphatic rings. The van der Waals surface area contributed by atoms with Crippen molar-refractivity contribution in [3.8, 4) is 0 Å². The summed E-state index contributed by atoms with van der Waals surface area (Å²) in [4.78, 5) is 27.9. The van der Waals surface area contributed by atoms with Crippen LogP contribution in [0.1, 0.15) is 23.6 Å². The van der Waals surface area contributed by atoms with Crippen molar-refractivity contribution in [2.24, 2.45) is 0 Å². The predicted octanol–water partition coefficient (Wildman–Crippen LogP) is 4.95. The zero-order valence-electron chi connectivity index (χ0n) is 16.5. The lowest BCUT2D eigenvalue weighted by Gasteiger charge is -2.16. The zero-order valence-corrected chi connectivity index (χ0v) is 16.5. The molecule has 0 unspecified atom stereocenters. The number of anilines is 2. The second-order valence-corrected chi connectivity index (χ2v) is 7.08. The molecule has 1 heterocycles. The smallest absolute Gasteiger partial charge is 0.282 e. The molecule has 0 atom stereocenters. The third-order valence-electron chi connectivity index (χ3n) is 5.04. The molecule has 4 heteroatoms. The minimum absolute atomic E-state index is 0.298. The van der Waals surface area contributed by atoms with Gasteiger partial charge in [-0.25, -0.2) is 4.90 Å². The molecule has 0 aromatic heterocycles.